The highest BCUT2D eigenvalue weighted by molar-refractivity contribution is 8.13. The molecule has 23 heavy (non-hydrogen) atoms. The van der Waals surface area contributed by atoms with Crippen molar-refractivity contribution in [2.45, 2.75) is 5.75 Å². The van der Waals surface area contributed by atoms with E-state index in [1.165, 1.54) is 17.3 Å². The van der Waals surface area contributed by atoms with Crippen molar-refractivity contribution in [3.05, 3.63) is 65.7 Å². The van der Waals surface area contributed by atoms with Gasteiger partial charge in [-0.1, -0.05) is 54.2 Å². The van der Waals surface area contributed by atoms with Gasteiger partial charge in [-0.15, -0.1) is 5.10 Å². The quantitative estimate of drug-likeness (QED) is 0.366. The summed E-state index contributed by atoms with van der Waals surface area (Å²) in [6.45, 7) is 0.210. The van der Waals surface area contributed by atoms with Gasteiger partial charge in [-0.05, 0) is 23.3 Å². The topological polar surface area (TPSA) is 69.2 Å². The van der Waals surface area contributed by atoms with Crippen molar-refractivity contribution in [3.63, 3.8) is 0 Å². The van der Waals surface area contributed by atoms with Gasteiger partial charge in [0.1, 0.15) is 5.75 Å². The maximum atomic E-state index is 5.84. The van der Waals surface area contributed by atoms with E-state index in [1.54, 1.807) is 13.3 Å². The third-order valence-electron chi connectivity index (χ3n) is 2.79. The van der Waals surface area contributed by atoms with E-state index in [2.05, 4.69) is 22.3 Å². The third kappa shape index (κ3) is 6.54. The van der Waals surface area contributed by atoms with Crippen molar-refractivity contribution >= 4 is 23.1 Å². The van der Waals surface area contributed by atoms with Crippen LogP contribution in [0.15, 0.2) is 64.8 Å². The molecule has 0 heterocycles. The van der Waals surface area contributed by atoms with E-state index in [9.17, 15) is 0 Å². The molecule has 2 rings (SSSR count). The van der Waals surface area contributed by atoms with Crippen LogP contribution in [0.5, 0.6) is 5.75 Å². The lowest BCUT2D eigenvalue weighted by molar-refractivity contribution is 0.0511. The fourth-order valence-electron chi connectivity index (χ4n) is 1.72. The molecule has 2 aromatic rings. The minimum atomic E-state index is 0.210. The molecule has 5 nitrogen and oxygen atoms in total. The summed E-state index contributed by atoms with van der Waals surface area (Å²) >= 11 is 1.45. The Labute approximate surface area is 140 Å². The summed E-state index contributed by atoms with van der Waals surface area (Å²) < 4.78 is 10.2. The first kappa shape index (κ1) is 17.1. The van der Waals surface area contributed by atoms with Gasteiger partial charge in [-0.2, -0.15) is 5.10 Å². The number of thioether (sulfide) groups is 1. The first-order chi connectivity index (χ1) is 11.3. The van der Waals surface area contributed by atoms with E-state index in [0.717, 1.165) is 11.3 Å². The van der Waals surface area contributed by atoms with Crippen LogP contribution >= 0.6 is 11.8 Å². The Hall–Kier alpha value is -2.31. The summed E-state index contributed by atoms with van der Waals surface area (Å²) in [5, 5.41) is 8.42. The maximum absolute atomic E-state index is 5.84. The van der Waals surface area contributed by atoms with E-state index in [4.69, 9.17) is 15.2 Å². The molecule has 6 heteroatoms. The smallest absolute Gasteiger partial charge is 0.188 e. The van der Waals surface area contributed by atoms with Crippen LogP contribution in [0.1, 0.15) is 11.1 Å². The zero-order chi connectivity index (χ0) is 16.3. The van der Waals surface area contributed by atoms with Crippen LogP contribution in [0.25, 0.3) is 0 Å². The number of methoxy groups -OCH3 is 1. The lowest BCUT2D eigenvalue weighted by Crippen LogP contribution is -2.06. The minimum absolute atomic E-state index is 0.210. The molecule has 0 bridgehead atoms. The second-order valence-electron chi connectivity index (χ2n) is 4.58. The van der Waals surface area contributed by atoms with Crippen molar-refractivity contribution in [2.75, 3.05) is 13.9 Å². The number of hydrogen-bond acceptors (Lipinski definition) is 5. The molecule has 0 aliphatic rings. The molecule has 0 spiro atoms. The van der Waals surface area contributed by atoms with E-state index in [0.29, 0.717) is 10.9 Å². The van der Waals surface area contributed by atoms with Crippen LogP contribution in [-0.4, -0.2) is 25.3 Å². The van der Waals surface area contributed by atoms with Crippen molar-refractivity contribution < 1.29 is 9.47 Å². The Balaban J connectivity index is 1.86. The van der Waals surface area contributed by atoms with Crippen LogP contribution < -0.4 is 10.5 Å². The van der Waals surface area contributed by atoms with Crippen LogP contribution in [0.3, 0.4) is 0 Å². The molecular weight excluding hydrogens is 310 g/mol. The fourth-order valence-corrected chi connectivity index (χ4v) is 2.34. The molecule has 0 saturated heterocycles. The standard InChI is InChI=1S/C17H19N3O2S/c1-21-13-22-16-9-5-8-15(10-16)11-19-20-17(18)23-12-14-6-3-2-4-7-14/h2-11H,12-13H2,1H3,(H2,18,20). The van der Waals surface area contributed by atoms with Gasteiger partial charge in [-0.25, -0.2) is 0 Å². The summed E-state index contributed by atoms with van der Waals surface area (Å²) in [5.41, 5.74) is 7.91. The highest BCUT2D eigenvalue weighted by Crippen LogP contribution is 2.13. The molecule has 0 atom stereocenters. The molecule has 120 valence electrons. The minimum Gasteiger partial charge on any atom is -0.468 e. The van der Waals surface area contributed by atoms with Crippen LogP contribution in [0, 0.1) is 0 Å². The number of ether oxygens (including phenoxy) is 2. The van der Waals surface area contributed by atoms with E-state index in [1.807, 2.05) is 42.5 Å². The highest BCUT2D eigenvalue weighted by atomic mass is 32.2. The van der Waals surface area contributed by atoms with E-state index < -0.39 is 0 Å². The summed E-state index contributed by atoms with van der Waals surface area (Å²) in [6, 6.07) is 17.6. The molecule has 0 unspecified atom stereocenters. The van der Waals surface area contributed by atoms with Gasteiger partial charge >= 0.3 is 0 Å². The molecular formula is C17H19N3O2S. The zero-order valence-electron chi connectivity index (χ0n) is 12.9. The summed E-state index contributed by atoms with van der Waals surface area (Å²) in [7, 11) is 1.58. The Kier molecular flexibility index (Phi) is 7.16. The fraction of sp³-hybridized carbons (Fsp3) is 0.176. The molecule has 0 aliphatic heterocycles. The average Bonchev–Trinajstić information content (AvgIpc) is 2.59. The second-order valence-corrected chi connectivity index (χ2v) is 5.58. The van der Waals surface area contributed by atoms with Crippen molar-refractivity contribution in [3.8, 4) is 5.75 Å². The first-order valence-corrected chi connectivity index (χ1v) is 8.01. The number of amidine groups is 1. The molecule has 0 aliphatic carbocycles. The lowest BCUT2D eigenvalue weighted by atomic mass is 10.2. The molecule has 0 fully saturated rings. The van der Waals surface area contributed by atoms with Crippen molar-refractivity contribution in [1.82, 2.24) is 0 Å². The lowest BCUT2D eigenvalue weighted by Gasteiger charge is -2.04. The Bertz CT molecular complexity index is 660. The summed E-state index contributed by atoms with van der Waals surface area (Å²) in [5.74, 6) is 1.48. The summed E-state index contributed by atoms with van der Waals surface area (Å²) in [6.07, 6.45) is 1.63. The van der Waals surface area contributed by atoms with Gasteiger partial charge < -0.3 is 15.2 Å². The Morgan fingerprint density at radius 1 is 1.17 bits per heavy atom. The molecule has 0 amide bonds. The molecule has 0 saturated carbocycles. The molecule has 2 aromatic carbocycles. The van der Waals surface area contributed by atoms with Crippen LogP contribution in [0.2, 0.25) is 0 Å². The van der Waals surface area contributed by atoms with Gasteiger partial charge in [0.05, 0.1) is 6.21 Å². The highest BCUT2D eigenvalue weighted by Gasteiger charge is 1.97. The van der Waals surface area contributed by atoms with Gasteiger partial charge in [0, 0.05) is 12.9 Å². The number of hydrogen-bond donors (Lipinski definition) is 1. The third-order valence-corrected chi connectivity index (χ3v) is 3.65. The van der Waals surface area contributed by atoms with Gasteiger partial charge in [0.2, 0.25) is 0 Å². The van der Waals surface area contributed by atoms with Crippen LogP contribution in [-0.2, 0) is 10.5 Å². The molecule has 2 N–H and O–H groups in total. The van der Waals surface area contributed by atoms with Gasteiger partial charge in [0.15, 0.2) is 12.0 Å². The van der Waals surface area contributed by atoms with Crippen molar-refractivity contribution in [2.24, 2.45) is 15.9 Å². The van der Waals surface area contributed by atoms with Gasteiger partial charge in [0.25, 0.3) is 0 Å². The number of nitrogens with zero attached hydrogens (tertiary/aromatic N) is 2. The number of benzene rings is 2. The SMILES string of the molecule is COCOc1cccc(C=NN=C(N)SCc2ccccc2)c1. The van der Waals surface area contributed by atoms with E-state index in [-0.39, 0.29) is 6.79 Å². The number of rotatable bonds is 7. The largest absolute Gasteiger partial charge is 0.468 e. The van der Waals surface area contributed by atoms with E-state index >= 15 is 0 Å². The monoisotopic (exact) mass is 329 g/mol. The predicted octanol–water partition coefficient (Wildman–Crippen LogP) is 3.25. The average molecular weight is 329 g/mol. The summed E-state index contributed by atoms with van der Waals surface area (Å²) in [4.78, 5) is 0. The molecule has 0 radical (unpaired) electrons. The Morgan fingerprint density at radius 2 is 2.00 bits per heavy atom. The molecule has 0 aromatic heterocycles. The number of nitrogens with two attached hydrogens (primary N) is 1. The normalized spacial score (nSPS) is 11.8. The Morgan fingerprint density at radius 3 is 2.78 bits per heavy atom. The van der Waals surface area contributed by atoms with Crippen LogP contribution in [0.4, 0.5) is 0 Å². The first-order valence-electron chi connectivity index (χ1n) is 7.03. The van der Waals surface area contributed by atoms with Crippen molar-refractivity contribution in [1.29, 1.82) is 0 Å². The van der Waals surface area contributed by atoms with Gasteiger partial charge in [-0.3, -0.25) is 0 Å². The maximum Gasteiger partial charge on any atom is 0.188 e. The second kappa shape index (κ2) is 9.66. The predicted molar refractivity (Wildman–Crippen MR) is 95.9 cm³/mol. The zero-order valence-corrected chi connectivity index (χ0v) is 13.7.